The van der Waals surface area contributed by atoms with E-state index in [2.05, 4.69) is 15.9 Å². The van der Waals surface area contributed by atoms with Crippen LogP contribution in [0.25, 0.3) is 0 Å². The molecule has 0 aromatic heterocycles. The van der Waals surface area contributed by atoms with Crippen molar-refractivity contribution in [1.29, 1.82) is 0 Å². The third-order valence-corrected chi connectivity index (χ3v) is 3.45. The van der Waals surface area contributed by atoms with E-state index in [0.29, 0.717) is 18.4 Å². The van der Waals surface area contributed by atoms with Gasteiger partial charge in [-0.25, -0.2) is 4.39 Å². The summed E-state index contributed by atoms with van der Waals surface area (Å²) in [5.74, 6) is -0.268. The van der Waals surface area contributed by atoms with Crippen LogP contribution in [-0.2, 0) is 10.5 Å². The van der Waals surface area contributed by atoms with Gasteiger partial charge in [0.2, 0.25) is 0 Å². The summed E-state index contributed by atoms with van der Waals surface area (Å²) in [6, 6.07) is 6.93. The Hall–Kier alpha value is -0.700. The summed E-state index contributed by atoms with van der Waals surface area (Å²) in [6.45, 7) is 0. The molecule has 0 saturated heterocycles. The molecule has 1 atom stereocenters. The van der Waals surface area contributed by atoms with Crippen LogP contribution in [0.2, 0.25) is 0 Å². The molecule has 0 N–H and O–H groups in total. The number of hydrogen-bond donors (Lipinski definition) is 0. The van der Waals surface area contributed by atoms with Crippen LogP contribution in [0.3, 0.4) is 0 Å². The van der Waals surface area contributed by atoms with Gasteiger partial charge in [-0.3, -0.25) is 4.79 Å². The second-order valence-corrected chi connectivity index (χ2v) is 4.85. The smallest absolute Gasteiger partial charge is 0.193 e. The first kappa shape index (κ1) is 10.8. The minimum Gasteiger partial charge on any atom is -0.296 e. The fourth-order valence-corrected chi connectivity index (χ4v) is 2.28. The van der Waals surface area contributed by atoms with Crippen LogP contribution in [0.15, 0.2) is 28.7 Å². The zero-order valence-corrected chi connectivity index (χ0v) is 9.89. The number of carbonyl (C=O) groups excluding carboxylic acids is 1. The van der Waals surface area contributed by atoms with Gasteiger partial charge in [-0.15, -0.1) is 0 Å². The zero-order valence-electron chi connectivity index (χ0n) is 8.30. The topological polar surface area (TPSA) is 17.1 Å². The molecular weight excluding hydrogens is 259 g/mol. The Morgan fingerprint density at radius 1 is 1.20 bits per heavy atom. The van der Waals surface area contributed by atoms with Crippen molar-refractivity contribution in [1.82, 2.24) is 0 Å². The van der Waals surface area contributed by atoms with Crippen LogP contribution in [0.1, 0.15) is 31.2 Å². The minimum atomic E-state index is -1.74. The summed E-state index contributed by atoms with van der Waals surface area (Å²) in [5, 5.41) is 0. The predicted octanol–water partition coefficient (Wildman–Crippen LogP) is 3.76. The summed E-state index contributed by atoms with van der Waals surface area (Å²) >= 11 is 3.29. The highest BCUT2D eigenvalue weighted by atomic mass is 79.9. The minimum absolute atomic E-state index is 0.268. The lowest BCUT2D eigenvalue weighted by Crippen LogP contribution is -2.33. The van der Waals surface area contributed by atoms with Crippen molar-refractivity contribution >= 4 is 21.7 Å². The summed E-state index contributed by atoms with van der Waals surface area (Å²) in [5.41, 5.74) is -1.24. The number of halogens is 2. The Kier molecular flexibility index (Phi) is 2.91. The third kappa shape index (κ3) is 1.98. The highest BCUT2D eigenvalue weighted by Gasteiger charge is 2.41. The van der Waals surface area contributed by atoms with Gasteiger partial charge < -0.3 is 0 Å². The number of alkyl halides is 1. The molecular formula is C12H12BrFO. The Morgan fingerprint density at radius 2 is 1.87 bits per heavy atom. The van der Waals surface area contributed by atoms with E-state index in [4.69, 9.17) is 0 Å². The van der Waals surface area contributed by atoms with E-state index in [9.17, 15) is 9.18 Å². The predicted molar refractivity (Wildman–Crippen MR) is 60.4 cm³/mol. The molecule has 1 aliphatic carbocycles. The van der Waals surface area contributed by atoms with Gasteiger partial charge in [-0.1, -0.05) is 28.1 Å². The number of ketones is 1. The number of carbonyl (C=O) groups is 1. The van der Waals surface area contributed by atoms with Crippen LogP contribution >= 0.6 is 15.9 Å². The van der Waals surface area contributed by atoms with Crippen molar-refractivity contribution in [2.45, 2.75) is 31.4 Å². The van der Waals surface area contributed by atoms with Crippen LogP contribution in [0, 0.1) is 0 Å². The number of hydrogen-bond acceptors (Lipinski definition) is 1. The Labute approximate surface area is 96.8 Å². The van der Waals surface area contributed by atoms with E-state index in [1.165, 1.54) is 0 Å². The highest BCUT2D eigenvalue weighted by molar-refractivity contribution is 9.10. The maximum atomic E-state index is 14.5. The lowest BCUT2D eigenvalue weighted by molar-refractivity contribution is -0.134. The lowest BCUT2D eigenvalue weighted by Gasteiger charge is -2.28. The van der Waals surface area contributed by atoms with Crippen molar-refractivity contribution in [3.8, 4) is 0 Å². The largest absolute Gasteiger partial charge is 0.296 e. The van der Waals surface area contributed by atoms with Crippen LogP contribution in [0.4, 0.5) is 4.39 Å². The van der Waals surface area contributed by atoms with Crippen molar-refractivity contribution in [3.63, 3.8) is 0 Å². The van der Waals surface area contributed by atoms with Gasteiger partial charge in [0.05, 0.1) is 0 Å². The van der Waals surface area contributed by atoms with Crippen LogP contribution in [0.5, 0.6) is 0 Å². The molecule has 80 valence electrons. The average Bonchev–Trinajstić information content (AvgIpc) is 2.23. The molecule has 1 aliphatic rings. The molecule has 0 aliphatic heterocycles. The normalized spacial score (nSPS) is 26.7. The van der Waals surface area contributed by atoms with Gasteiger partial charge in [-0.05, 0) is 37.0 Å². The molecule has 1 nitrogen and oxygen atoms in total. The fourth-order valence-electron chi connectivity index (χ4n) is 2.01. The molecule has 0 amide bonds. The van der Waals surface area contributed by atoms with Gasteiger partial charge >= 0.3 is 0 Å². The standard InChI is InChI=1S/C12H12BrFO/c13-10-6-4-9(5-7-10)12(14)8-2-1-3-11(12)15/h4-7H,1-3,8H2/t12-/m1/s1. The zero-order chi connectivity index (χ0) is 10.9. The quantitative estimate of drug-likeness (QED) is 0.760. The van der Waals surface area contributed by atoms with E-state index in [-0.39, 0.29) is 5.78 Å². The Morgan fingerprint density at radius 3 is 2.47 bits per heavy atom. The first-order valence-electron chi connectivity index (χ1n) is 5.11. The number of benzene rings is 1. The van der Waals surface area contributed by atoms with Crippen LogP contribution in [-0.4, -0.2) is 5.78 Å². The second-order valence-electron chi connectivity index (χ2n) is 3.94. The van der Waals surface area contributed by atoms with Gasteiger partial charge in [0, 0.05) is 10.9 Å². The van der Waals surface area contributed by atoms with E-state index < -0.39 is 5.67 Å². The second kappa shape index (κ2) is 4.05. The molecule has 0 spiro atoms. The van der Waals surface area contributed by atoms with Crippen molar-refractivity contribution in [3.05, 3.63) is 34.3 Å². The van der Waals surface area contributed by atoms with Gasteiger partial charge in [0.25, 0.3) is 0 Å². The van der Waals surface area contributed by atoms with E-state index in [1.807, 2.05) is 0 Å². The summed E-state index contributed by atoms with van der Waals surface area (Å²) in [7, 11) is 0. The fraction of sp³-hybridized carbons (Fsp3) is 0.417. The monoisotopic (exact) mass is 270 g/mol. The molecule has 3 heteroatoms. The molecule has 1 aromatic carbocycles. The third-order valence-electron chi connectivity index (χ3n) is 2.92. The SMILES string of the molecule is O=C1CCCC[C@@]1(F)c1ccc(Br)cc1. The molecule has 1 fully saturated rings. The van der Waals surface area contributed by atoms with E-state index >= 15 is 0 Å². The molecule has 0 heterocycles. The number of rotatable bonds is 1. The number of Topliss-reactive ketones (excluding diaryl/α,β-unsaturated/α-hetero) is 1. The van der Waals surface area contributed by atoms with Crippen molar-refractivity contribution in [2.24, 2.45) is 0 Å². The van der Waals surface area contributed by atoms with E-state index in [0.717, 1.165) is 17.3 Å². The summed E-state index contributed by atoms with van der Waals surface area (Å²) in [4.78, 5) is 11.6. The van der Waals surface area contributed by atoms with Crippen LogP contribution < -0.4 is 0 Å². The summed E-state index contributed by atoms with van der Waals surface area (Å²) in [6.07, 6.45) is 2.30. The van der Waals surface area contributed by atoms with Gasteiger partial charge in [0.15, 0.2) is 11.5 Å². The first-order chi connectivity index (χ1) is 7.13. The molecule has 1 saturated carbocycles. The highest BCUT2D eigenvalue weighted by Crippen LogP contribution is 2.38. The molecule has 0 bridgehead atoms. The van der Waals surface area contributed by atoms with Gasteiger partial charge in [0.1, 0.15) is 0 Å². The molecule has 0 radical (unpaired) electrons. The Balaban J connectivity index is 2.35. The molecule has 0 unspecified atom stereocenters. The van der Waals surface area contributed by atoms with Crippen molar-refractivity contribution < 1.29 is 9.18 Å². The maximum absolute atomic E-state index is 14.5. The lowest BCUT2D eigenvalue weighted by atomic mass is 9.80. The Bertz CT molecular complexity index is 374. The molecule has 2 rings (SSSR count). The summed E-state index contributed by atoms with van der Waals surface area (Å²) < 4.78 is 15.4. The molecule has 1 aromatic rings. The van der Waals surface area contributed by atoms with E-state index in [1.54, 1.807) is 24.3 Å². The molecule has 15 heavy (non-hydrogen) atoms. The average molecular weight is 271 g/mol. The first-order valence-corrected chi connectivity index (χ1v) is 5.90. The van der Waals surface area contributed by atoms with Gasteiger partial charge in [-0.2, -0.15) is 0 Å². The maximum Gasteiger partial charge on any atom is 0.193 e. The van der Waals surface area contributed by atoms with Crippen molar-refractivity contribution in [2.75, 3.05) is 0 Å².